The van der Waals surface area contributed by atoms with Gasteiger partial charge in [-0.25, -0.2) is 4.98 Å². The second kappa shape index (κ2) is 7.81. The number of amides is 1. The fourth-order valence-corrected chi connectivity index (χ4v) is 2.90. The van der Waals surface area contributed by atoms with Gasteiger partial charge in [-0.3, -0.25) is 4.79 Å². The quantitative estimate of drug-likeness (QED) is 0.917. The zero-order valence-corrected chi connectivity index (χ0v) is 14.0. The minimum Gasteiger partial charge on any atom is -0.497 e. The molecule has 3 rings (SSSR count). The molecule has 5 nitrogen and oxygen atoms in total. The van der Waals surface area contributed by atoms with E-state index in [1.807, 2.05) is 36.4 Å². The van der Waals surface area contributed by atoms with Crippen LogP contribution in [0.1, 0.15) is 24.8 Å². The Morgan fingerprint density at radius 1 is 1.12 bits per heavy atom. The third-order valence-corrected chi connectivity index (χ3v) is 4.24. The number of rotatable bonds is 5. The number of nitrogens with zero attached hydrogens (tertiary/aromatic N) is 2. The van der Waals surface area contributed by atoms with Crippen LogP contribution in [0.15, 0.2) is 42.6 Å². The Morgan fingerprint density at radius 3 is 2.50 bits per heavy atom. The molecule has 2 aromatic rings. The highest BCUT2D eigenvalue weighted by molar-refractivity contribution is 5.92. The number of pyridine rings is 1. The summed E-state index contributed by atoms with van der Waals surface area (Å²) in [5.41, 5.74) is 1.68. The Hall–Kier alpha value is -2.56. The molecule has 0 bridgehead atoms. The van der Waals surface area contributed by atoms with Crippen molar-refractivity contribution in [1.29, 1.82) is 0 Å². The van der Waals surface area contributed by atoms with Crippen LogP contribution in [-0.4, -0.2) is 31.1 Å². The molecule has 1 aliphatic rings. The van der Waals surface area contributed by atoms with Crippen molar-refractivity contribution in [2.75, 3.05) is 30.4 Å². The van der Waals surface area contributed by atoms with Gasteiger partial charge in [0, 0.05) is 13.1 Å². The van der Waals surface area contributed by atoms with Crippen LogP contribution < -0.4 is 15.0 Å². The van der Waals surface area contributed by atoms with Gasteiger partial charge in [-0.15, -0.1) is 0 Å². The molecule has 1 saturated heterocycles. The van der Waals surface area contributed by atoms with Crippen LogP contribution in [0.5, 0.6) is 5.75 Å². The van der Waals surface area contributed by atoms with Crippen LogP contribution in [0, 0.1) is 0 Å². The smallest absolute Gasteiger partial charge is 0.228 e. The standard InChI is InChI=1S/C19H23N3O2/c1-24-17-8-5-15(6-9-17)13-19(23)21-16-7-10-18(20-14-16)22-11-3-2-4-12-22/h5-10,14H,2-4,11-13H2,1H3,(H,21,23). The molecule has 1 fully saturated rings. The van der Waals surface area contributed by atoms with Crippen molar-refractivity contribution < 1.29 is 9.53 Å². The van der Waals surface area contributed by atoms with Crippen LogP contribution in [0.3, 0.4) is 0 Å². The third kappa shape index (κ3) is 4.25. The maximum atomic E-state index is 12.1. The summed E-state index contributed by atoms with van der Waals surface area (Å²) in [7, 11) is 1.63. The van der Waals surface area contributed by atoms with Crippen molar-refractivity contribution in [3.63, 3.8) is 0 Å². The molecule has 0 spiro atoms. The topological polar surface area (TPSA) is 54.5 Å². The normalized spacial score (nSPS) is 14.3. The first-order valence-corrected chi connectivity index (χ1v) is 8.38. The maximum absolute atomic E-state index is 12.1. The first kappa shape index (κ1) is 16.3. The van der Waals surface area contributed by atoms with E-state index in [0.717, 1.165) is 35.9 Å². The fraction of sp³-hybridized carbons (Fsp3) is 0.368. The van der Waals surface area contributed by atoms with Crippen molar-refractivity contribution in [1.82, 2.24) is 4.98 Å². The second-order valence-corrected chi connectivity index (χ2v) is 6.03. The number of methoxy groups -OCH3 is 1. The number of benzene rings is 1. The van der Waals surface area contributed by atoms with Gasteiger partial charge in [0.2, 0.25) is 5.91 Å². The SMILES string of the molecule is COc1ccc(CC(=O)Nc2ccc(N3CCCCC3)nc2)cc1. The molecular formula is C19H23N3O2. The average Bonchev–Trinajstić information content (AvgIpc) is 2.64. The second-order valence-electron chi connectivity index (χ2n) is 6.03. The molecule has 0 radical (unpaired) electrons. The van der Waals surface area contributed by atoms with Crippen molar-refractivity contribution >= 4 is 17.4 Å². The van der Waals surface area contributed by atoms with E-state index in [1.165, 1.54) is 19.3 Å². The first-order chi connectivity index (χ1) is 11.7. The highest BCUT2D eigenvalue weighted by Crippen LogP contribution is 2.19. The summed E-state index contributed by atoms with van der Waals surface area (Å²) in [5.74, 6) is 1.73. The van der Waals surface area contributed by atoms with Crippen LogP contribution in [0.25, 0.3) is 0 Å². The lowest BCUT2D eigenvalue weighted by atomic mass is 10.1. The van der Waals surface area contributed by atoms with Crippen LogP contribution >= 0.6 is 0 Å². The Balaban J connectivity index is 1.55. The van der Waals surface area contributed by atoms with E-state index in [4.69, 9.17) is 4.74 Å². The molecule has 0 saturated carbocycles. The third-order valence-electron chi connectivity index (χ3n) is 4.24. The Kier molecular flexibility index (Phi) is 5.31. The average molecular weight is 325 g/mol. The maximum Gasteiger partial charge on any atom is 0.228 e. The predicted octanol–water partition coefficient (Wildman–Crippen LogP) is 3.26. The van der Waals surface area contributed by atoms with Gasteiger partial charge in [0.15, 0.2) is 0 Å². The molecule has 126 valence electrons. The van der Waals surface area contributed by atoms with E-state index in [2.05, 4.69) is 15.2 Å². The summed E-state index contributed by atoms with van der Waals surface area (Å²) in [6.07, 6.45) is 5.81. The molecule has 5 heteroatoms. The predicted molar refractivity (Wildman–Crippen MR) is 95.6 cm³/mol. The zero-order valence-electron chi connectivity index (χ0n) is 14.0. The molecule has 24 heavy (non-hydrogen) atoms. The lowest BCUT2D eigenvalue weighted by molar-refractivity contribution is -0.115. The first-order valence-electron chi connectivity index (χ1n) is 8.38. The highest BCUT2D eigenvalue weighted by atomic mass is 16.5. The molecule has 0 aliphatic carbocycles. The largest absolute Gasteiger partial charge is 0.497 e. The van der Waals surface area contributed by atoms with E-state index >= 15 is 0 Å². The van der Waals surface area contributed by atoms with E-state index in [9.17, 15) is 4.79 Å². The highest BCUT2D eigenvalue weighted by Gasteiger charge is 2.12. The molecule has 1 amide bonds. The number of carbonyl (C=O) groups is 1. The van der Waals surface area contributed by atoms with Gasteiger partial charge >= 0.3 is 0 Å². The number of anilines is 2. The zero-order chi connectivity index (χ0) is 16.8. The Morgan fingerprint density at radius 2 is 1.88 bits per heavy atom. The molecular weight excluding hydrogens is 302 g/mol. The summed E-state index contributed by atoms with van der Waals surface area (Å²) in [5, 5.41) is 2.90. The van der Waals surface area contributed by atoms with Gasteiger partial charge in [0.05, 0.1) is 25.4 Å². The lowest BCUT2D eigenvalue weighted by Gasteiger charge is -2.27. The van der Waals surface area contributed by atoms with Crippen molar-refractivity contribution in [3.05, 3.63) is 48.2 Å². The molecule has 0 unspecified atom stereocenters. The molecule has 2 heterocycles. The monoisotopic (exact) mass is 325 g/mol. The Labute approximate surface area is 142 Å². The van der Waals surface area contributed by atoms with Gasteiger partial charge in [-0.1, -0.05) is 12.1 Å². The molecule has 0 atom stereocenters. The number of nitrogens with one attached hydrogen (secondary N) is 1. The number of aromatic nitrogens is 1. The van der Waals surface area contributed by atoms with Crippen molar-refractivity contribution in [2.45, 2.75) is 25.7 Å². The summed E-state index contributed by atoms with van der Waals surface area (Å²) in [6.45, 7) is 2.13. The summed E-state index contributed by atoms with van der Waals surface area (Å²) in [4.78, 5) is 18.9. The number of hydrogen-bond donors (Lipinski definition) is 1. The van der Waals surface area contributed by atoms with Gasteiger partial charge in [0.1, 0.15) is 11.6 Å². The van der Waals surface area contributed by atoms with Crippen molar-refractivity contribution in [3.8, 4) is 5.75 Å². The van der Waals surface area contributed by atoms with Crippen molar-refractivity contribution in [2.24, 2.45) is 0 Å². The fourth-order valence-electron chi connectivity index (χ4n) is 2.90. The number of hydrogen-bond acceptors (Lipinski definition) is 4. The van der Waals surface area contributed by atoms with Gasteiger partial charge in [-0.2, -0.15) is 0 Å². The molecule has 1 aliphatic heterocycles. The van der Waals surface area contributed by atoms with E-state index in [-0.39, 0.29) is 5.91 Å². The van der Waals surface area contributed by atoms with Crippen LogP contribution in [-0.2, 0) is 11.2 Å². The van der Waals surface area contributed by atoms with Gasteiger partial charge < -0.3 is 15.0 Å². The van der Waals surface area contributed by atoms with Crippen LogP contribution in [0.4, 0.5) is 11.5 Å². The summed E-state index contributed by atoms with van der Waals surface area (Å²) >= 11 is 0. The summed E-state index contributed by atoms with van der Waals surface area (Å²) in [6, 6.07) is 11.4. The number of ether oxygens (including phenoxy) is 1. The van der Waals surface area contributed by atoms with Crippen LogP contribution in [0.2, 0.25) is 0 Å². The minimum atomic E-state index is -0.0484. The molecule has 1 N–H and O–H groups in total. The minimum absolute atomic E-state index is 0.0484. The Bertz CT molecular complexity index is 662. The van der Waals surface area contributed by atoms with E-state index in [0.29, 0.717) is 6.42 Å². The van der Waals surface area contributed by atoms with E-state index < -0.39 is 0 Å². The van der Waals surface area contributed by atoms with E-state index in [1.54, 1.807) is 13.3 Å². The molecule has 1 aromatic carbocycles. The number of carbonyl (C=O) groups excluding carboxylic acids is 1. The summed E-state index contributed by atoms with van der Waals surface area (Å²) < 4.78 is 5.12. The van der Waals surface area contributed by atoms with Gasteiger partial charge in [0.25, 0.3) is 0 Å². The lowest BCUT2D eigenvalue weighted by Crippen LogP contribution is -2.30. The number of piperidine rings is 1. The van der Waals surface area contributed by atoms with Gasteiger partial charge in [-0.05, 0) is 49.1 Å². The molecule has 1 aromatic heterocycles.